The number of rotatable bonds is 0. The second kappa shape index (κ2) is 5.97. The van der Waals surface area contributed by atoms with Gasteiger partial charge in [-0.3, -0.25) is 5.41 Å². The topological polar surface area (TPSA) is 47.6 Å². The van der Waals surface area contributed by atoms with E-state index in [1.807, 2.05) is 5.87 Å². The fraction of sp³-hybridized carbons (Fsp3) is 0. The highest BCUT2D eigenvalue weighted by molar-refractivity contribution is 5.45. The molecular formula is C7HN2+. The fourth-order valence-electron chi connectivity index (χ4n) is 0.153. The third-order valence-corrected chi connectivity index (χ3v) is 0.368. The molecule has 38 valence electrons. The van der Waals surface area contributed by atoms with Crippen LogP contribution in [0.25, 0.3) is 0 Å². The van der Waals surface area contributed by atoms with Crippen molar-refractivity contribution in [3.8, 4) is 6.07 Å². The maximum atomic E-state index is 7.86. The van der Waals surface area contributed by atoms with Crippen LogP contribution < -0.4 is 0 Å². The summed E-state index contributed by atoms with van der Waals surface area (Å²) in [5, 5.41) is 14.2. The summed E-state index contributed by atoms with van der Waals surface area (Å²) >= 11 is 0. The Morgan fingerprint density at radius 1 is 1.22 bits per heavy atom. The average Bonchev–Trinajstić information content (AvgIpc) is 1.89. The molecule has 1 N–H and O–H groups in total. The van der Waals surface area contributed by atoms with Gasteiger partial charge in [0, 0.05) is 11.6 Å². The summed E-state index contributed by atoms with van der Waals surface area (Å²) in [7, 11) is 0. The number of nitrogens with one attached hydrogen (secondary N) is 1. The van der Waals surface area contributed by atoms with Crippen LogP contribution in [-0.4, -0.2) is 5.87 Å². The van der Waals surface area contributed by atoms with E-state index >= 15 is 0 Å². The molecule has 0 aliphatic rings. The van der Waals surface area contributed by atoms with Crippen LogP contribution >= 0.6 is 0 Å². The third-order valence-electron chi connectivity index (χ3n) is 0.368. The summed E-state index contributed by atoms with van der Waals surface area (Å²) in [6, 6.07) is 1.59. The van der Waals surface area contributed by atoms with Gasteiger partial charge in [0.2, 0.25) is 11.5 Å². The van der Waals surface area contributed by atoms with Crippen molar-refractivity contribution in [3.63, 3.8) is 0 Å². The van der Waals surface area contributed by atoms with Crippen LogP contribution in [0, 0.1) is 22.8 Å². The zero-order chi connectivity index (χ0) is 6.95. The molecule has 0 saturated carbocycles. The van der Waals surface area contributed by atoms with Gasteiger partial charge < -0.3 is 0 Å². The second-order valence-corrected chi connectivity index (χ2v) is 0.862. The first-order valence-corrected chi connectivity index (χ1v) is 1.97. The molecule has 0 spiro atoms. The summed E-state index contributed by atoms with van der Waals surface area (Å²) in [6.07, 6.45) is 2.06. The first-order valence-electron chi connectivity index (χ1n) is 1.97. The molecule has 0 fully saturated rings. The van der Waals surface area contributed by atoms with E-state index in [-0.39, 0.29) is 0 Å². The van der Waals surface area contributed by atoms with Gasteiger partial charge in [0.15, 0.2) is 0 Å². The normalized spacial score (nSPS) is 3.44. The van der Waals surface area contributed by atoms with Gasteiger partial charge in [-0.15, -0.1) is 0 Å². The van der Waals surface area contributed by atoms with Crippen molar-refractivity contribution in [1.29, 1.82) is 10.7 Å². The lowest BCUT2D eigenvalue weighted by Crippen LogP contribution is -1.34. The van der Waals surface area contributed by atoms with E-state index in [1.54, 1.807) is 6.07 Å². The quantitative estimate of drug-likeness (QED) is 0.214. The molecule has 0 saturated heterocycles. The minimum atomic E-state index is 1.59. The minimum Gasteiger partial charge on any atom is -0.251 e. The smallest absolute Gasteiger partial charge is 0.251 e. The second-order valence-electron chi connectivity index (χ2n) is 0.862. The molecule has 0 aliphatic carbocycles. The molecule has 9 heavy (non-hydrogen) atoms. The van der Waals surface area contributed by atoms with Crippen LogP contribution in [0.1, 0.15) is 0 Å². The number of hydrogen-bond donors (Lipinski definition) is 1. The minimum absolute atomic E-state index is 1.59. The van der Waals surface area contributed by atoms with Crippen molar-refractivity contribution in [1.82, 2.24) is 0 Å². The predicted octanol–water partition coefficient (Wildman–Crippen LogP) is 0.738. The van der Waals surface area contributed by atoms with Gasteiger partial charge in [0.25, 0.3) is 12.1 Å². The Morgan fingerprint density at radius 2 is 2.00 bits per heavy atom. The number of nitrogens with zero attached hydrogens (tertiary/aromatic N) is 1. The molecule has 0 aliphatic heterocycles. The monoisotopic (exact) mass is 113 g/mol. The van der Waals surface area contributed by atoms with E-state index in [9.17, 15) is 0 Å². The van der Waals surface area contributed by atoms with Gasteiger partial charge in [-0.1, -0.05) is 0 Å². The van der Waals surface area contributed by atoms with E-state index < -0.39 is 0 Å². The molecule has 2 nitrogen and oxygen atoms in total. The van der Waals surface area contributed by atoms with E-state index in [0.717, 1.165) is 0 Å². The van der Waals surface area contributed by atoms with Crippen molar-refractivity contribution in [3.05, 3.63) is 29.0 Å². The Labute approximate surface area is 52.6 Å². The van der Waals surface area contributed by atoms with Gasteiger partial charge in [-0.2, -0.15) is 5.26 Å². The molecular weight excluding hydrogens is 112 g/mol. The van der Waals surface area contributed by atoms with Gasteiger partial charge in [0.05, 0.1) is 0 Å². The highest BCUT2D eigenvalue weighted by Crippen LogP contribution is 1.53. The van der Waals surface area contributed by atoms with E-state index in [2.05, 4.69) is 29.0 Å². The molecule has 0 bridgehead atoms. The lowest BCUT2D eigenvalue weighted by atomic mass is 10.6. The van der Waals surface area contributed by atoms with Gasteiger partial charge >= 0.3 is 0 Å². The molecule has 0 aromatic carbocycles. The Hall–Kier alpha value is -2.03. The van der Waals surface area contributed by atoms with Crippen LogP contribution in [0.5, 0.6) is 0 Å². The first kappa shape index (κ1) is 6.97. The zero-order valence-electron chi connectivity index (χ0n) is 4.45. The largest absolute Gasteiger partial charge is 0.276 e. The van der Waals surface area contributed by atoms with Gasteiger partial charge in [0.1, 0.15) is 5.73 Å². The maximum absolute atomic E-state index is 7.86. The highest BCUT2D eigenvalue weighted by Gasteiger charge is 1.66. The Morgan fingerprint density at radius 3 is 2.56 bits per heavy atom. The summed E-state index contributed by atoms with van der Waals surface area (Å²) in [5.74, 6) is 1.82. The van der Waals surface area contributed by atoms with Crippen molar-refractivity contribution < 1.29 is 0 Å². The van der Waals surface area contributed by atoms with Crippen LogP contribution in [0.2, 0.25) is 0 Å². The maximum Gasteiger partial charge on any atom is 0.276 e. The van der Waals surface area contributed by atoms with E-state index in [4.69, 9.17) is 10.7 Å². The zero-order valence-corrected chi connectivity index (χ0v) is 4.45. The molecule has 0 rings (SSSR count). The standard InChI is InChI=1S/C7HN2/c8-6-4-2-1-3-5-7-9/h8H/q+1. The number of allylic oxidation sites excluding steroid dienone is 1. The number of nitriles is 1. The van der Waals surface area contributed by atoms with Crippen molar-refractivity contribution >= 4 is 5.87 Å². The molecule has 0 aromatic rings. The number of hydrogen-bond acceptors (Lipinski definition) is 2. The molecule has 0 aromatic heterocycles. The molecule has 0 radical (unpaired) electrons. The first-order chi connectivity index (χ1) is 4.41. The summed E-state index contributed by atoms with van der Waals surface area (Å²) in [5.41, 5.74) is 8.87. The Kier molecular flexibility index (Phi) is 4.62. The van der Waals surface area contributed by atoms with Gasteiger partial charge in [-0.05, 0) is 0 Å². The summed E-state index contributed by atoms with van der Waals surface area (Å²) in [4.78, 5) is 0. The molecule has 0 heterocycles. The van der Waals surface area contributed by atoms with Crippen LogP contribution in [0.4, 0.5) is 0 Å². The van der Waals surface area contributed by atoms with Crippen LogP contribution in [-0.2, 0) is 0 Å². The summed E-state index contributed by atoms with van der Waals surface area (Å²) in [6.45, 7) is 0. The fourth-order valence-corrected chi connectivity index (χ4v) is 0.153. The summed E-state index contributed by atoms with van der Waals surface area (Å²) < 4.78 is 0. The molecule has 0 amide bonds. The van der Waals surface area contributed by atoms with Crippen molar-refractivity contribution in [2.24, 2.45) is 0 Å². The lowest BCUT2D eigenvalue weighted by Gasteiger charge is -1.25. The van der Waals surface area contributed by atoms with E-state index in [0.29, 0.717) is 0 Å². The van der Waals surface area contributed by atoms with E-state index in [1.165, 1.54) is 0 Å². The average molecular weight is 113 g/mol. The SMILES string of the molecule is N#C[C+]=C=C=C=C=C=N. The highest BCUT2D eigenvalue weighted by atomic mass is 14.3. The molecule has 0 unspecified atom stereocenters. The van der Waals surface area contributed by atoms with Crippen molar-refractivity contribution in [2.75, 3.05) is 0 Å². The Bertz CT molecular complexity index is 301. The lowest BCUT2D eigenvalue weighted by molar-refractivity contribution is 1.52. The van der Waals surface area contributed by atoms with Crippen molar-refractivity contribution in [2.45, 2.75) is 0 Å². The molecule has 2 heteroatoms. The van der Waals surface area contributed by atoms with Crippen LogP contribution in [0.15, 0.2) is 22.9 Å². The Balaban J connectivity index is 4.76. The molecule has 0 atom stereocenters. The van der Waals surface area contributed by atoms with Gasteiger partial charge in [-0.25, -0.2) is 0 Å². The third kappa shape index (κ3) is 5.97. The predicted molar refractivity (Wildman–Crippen MR) is 30.6 cm³/mol. The van der Waals surface area contributed by atoms with Crippen LogP contribution in [0.3, 0.4) is 0 Å².